The van der Waals surface area contributed by atoms with Crippen molar-refractivity contribution in [2.45, 2.75) is 24.7 Å². The van der Waals surface area contributed by atoms with Crippen molar-refractivity contribution in [1.29, 1.82) is 0 Å². The van der Waals surface area contributed by atoms with E-state index in [4.69, 9.17) is 0 Å². The molecule has 3 heteroatoms. The lowest BCUT2D eigenvalue weighted by atomic mass is 10.3. The van der Waals surface area contributed by atoms with Crippen LogP contribution in [-0.4, -0.2) is 18.2 Å². The number of nitrogens with one attached hydrogen (secondary N) is 1. The van der Waals surface area contributed by atoms with Gasteiger partial charge in [0.05, 0.1) is 0 Å². The second kappa shape index (κ2) is 6.10. The lowest BCUT2D eigenvalue weighted by Gasteiger charge is -2.04. The Morgan fingerprint density at radius 2 is 2.12 bits per heavy atom. The molecule has 1 aliphatic carbocycles. The molecule has 2 nitrogen and oxygen atoms in total. The molecule has 2 rings (SSSR count). The maximum atomic E-state index is 11.5. The SMILES string of the molecule is CC1CC1C(=O)NCCCSc1ccccc1. The van der Waals surface area contributed by atoms with Crippen molar-refractivity contribution < 1.29 is 4.79 Å². The Morgan fingerprint density at radius 1 is 1.41 bits per heavy atom. The van der Waals surface area contributed by atoms with Crippen molar-refractivity contribution in [1.82, 2.24) is 5.32 Å². The number of benzene rings is 1. The van der Waals surface area contributed by atoms with Gasteiger partial charge in [-0.05, 0) is 36.6 Å². The summed E-state index contributed by atoms with van der Waals surface area (Å²) >= 11 is 1.85. The third-order valence-corrected chi connectivity index (χ3v) is 4.18. The highest BCUT2D eigenvalue weighted by Gasteiger charge is 2.38. The minimum absolute atomic E-state index is 0.252. The predicted octanol–water partition coefficient (Wildman–Crippen LogP) is 2.94. The molecule has 0 aliphatic heterocycles. The molecule has 1 amide bonds. The Hall–Kier alpha value is -0.960. The lowest BCUT2D eigenvalue weighted by Crippen LogP contribution is -2.26. The van der Waals surface area contributed by atoms with Crippen molar-refractivity contribution in [2.24, 2.45) is 11.8 Å². The first-order chi connectivity index (χ1) is 8.27. The van der Waals surface area contributed by atoms with Crippen LogP contribution < -0.4 is 5.32 Å². The summed E-state index contributed by atoms with van der Waals surface area (Å²) in [5, 5.41) is 3.01. The van der Waals surface area contributed by atoms with E-state index in [1.165, 1.54) is 4.90 Å². The molecular formula is C14H19NOS. The molecule has 1 aromatic rings. The fourth-order valence-corrected chi connectivity index (χ4v) is 2.68. The third-order valence-electron chi connectivity index (χ3n) is 3.08. The Labute approximate surface area is 107 Å². The second-order valence-corrected chi connectivity index (χ2v) is 5.79. The van der Waals surface area contributed by atoms with Gasteiger partial charge in [0.25, 0.3) is 0 Å². The molecule has 0 radical (unpaired) electrons. The number of carbonyl (C=O) groups excluding carboxylic acids is 1. The molecule has 0 bridgehead atoms. The van der Waals surface area contributed by atoms with Crippen molar-refractivity contribution in [3.05, 3.63) is 30.3 Å². The molecule has 1 N–H and O–H groups in total. The standard InChI is InChI=1S/C14H19NOS/c1-11-10-13(11)14(16)15-8-5-9-17-12-6-3-2-4-7-12/h2-4,6-7,11,13H,5,8-10H2,1H3,(H,15,16). The van der Waals surface area contributed by atoms with E-state index in [-0.39, 0.29) is 5.91 Å². The molecule has 2 atom stereocenters. The van der Waals surface area contributed by atoms with Gasteiger partial charge in [-0.1, -0.05) is 25.1 Å². The number of carbonyl (C=O) groups is 1. The quantitative estimate of drug-likeness (QED) is 0.620. The molecule has 0 heterocycles. The smallest absolute Gasteiger partial charge is 0.223 e. The summed E-state index contributed by atoms with van der Waals surface area (Å²) in [6.45, 7) is 2.94. The largest absolute Gasteiger partial charge is 0.356 e. The number of hydrogen-bond donors (Lipinski definition) is 1. The van der Waals surface area contributed by atoms with Crippen LogP contribution in [0.5, 0.6) is 0 Å². The van der Waals surface area contributed by atoms with Gasteiger partial charge in [-0.15, -0.1) is 11.8 Å². The average molecular weight is 249 g/mol. The van der Waals surface area contributed by atoms with E-state index >= 15 is 0 Å². The van der Waals surface area contributed by atoms with Gasteiger partial charge in [-0.2, -0.15) is 0 Å². The maximum absolute atomic E-state index is 11.5. The highest BCUT2D eigenvalue weighted by Crippen LogP contribution is 2.37. The zero-order valence-corrected chi connectivity index (χ0v) is 11.0. The summed E-state index contributed by atoms with van der Waals surface area (Å²) in [6.07, 6.45) is 2.11. The van der Waals surface area contributed by atoms with Gasteiger partial charge in [0.15, 0.2) is 0 Å². The Bertz CT molecular complexity index is 366. The summed E-state index contributed by atoms with van der Waals surface area (Å²) in [4.78, 5) is 12.8. The molecule has 17 heavy (non-hydrogen) atoms. The fourth-order valence-electron chi connectivity index (χ4n) is 1.81. The molecule has 0 saturated heterocycles. The predicted molar refractivity (Wildman–Crippen MR) is 72.1 cm³/mol. The van der Waals surface area contributed by atoms with Crippen LogP contribution in [0.1, 0.15) is 19.8 Å². The van der Waals surface area contributed by atoms with E-state index in [0.29, 0.717) is 11.8 Å². The van der Waals surface area contributed by atoms with Gasteiger partial charge in [-0.25, -0.2) is 0 Å². The lowest BCUT2D eigenvalue weighted by molar-refractivity contribution is -0.122. The van der Waals surface area contributed by atoms with Crippen LogP contribution in [0.15, 0.2) is 35.2 Å². The summed E-state index contributed by atoms with van der Waals surface area (Å²) in [5.74, 6) is 2.22. The third kappa shape index (κ3) is 4.08. The van der Waals surface area contributed by atoms with Crippen molar-refractivity contribution in [3.63, 3.8) is 0 Å². The molecule has 2 unspecified atom stereocenters. The van der Waals surface area contributed by atoms with E-state index in [2.05, 4.69) is 36.5 Å². The number of rotatable bonds is 6. The molecule has 1 aromatic carbocycles. The number of hydrogen-bond acceptors (Lipinski definition) is 2. The fraction of sp³-hybridized carbons (Fsp3) is 0.500. The van der Waals surface area contributed by atoms with Crippen LogP contribution >= 0.6 is 11.8 Å². The highest BCUT2D eigenvalue weighted by molar-refractivity contribution is 7.99. The highest BCUT2D eigenvalue weighted by atomic mass is 32.2. The summed E-state index contributed by atoms with van der Waals surface area (Å²) < 4.78 is 0. The Balaban J connectivity index is 1.53. The first kappa shape index (κ1) is 12.5. The second-order valence-electron chi connectivity index (χ2n) is 4.63. The van der Waals surface area contributed by atoms with Crippen LogP contribution in [0, 0.1) is 11.8 Å². The Morgan fingerprint density at radius 3 is 2.76 bits per heavy atom. The molecule has 1 fully saturated rings. The summed E-state index contributed by atoms with van der Waals surface area (Å²) in [5.41, 5.74) is 0. The molecule has 0 aromatic heterocycles. The average Bonchev–Trinajstić information content (AvgIpc) is 3.07. The molecule has 1 aliphatic rings. The van der Waals surface area contributed by atoms with Crippen LogP contribution in [0.4, 0.5) is 0 Å². The van der Waals surface area contributed by atoms with Crippen LogP contribution in [0.25, 0.3) is 0 Å². The van der Waals surface area contributed by atoms with E-state index in [1.807, 2.05) is 17.8 Å². The van der Waals surface area contributed by atoms with E-state index < -0.39 is 0 Å². The first-order valence-electron chi connectivity index (χ1n) is 6.23. The van der Waals surface area contributed by atoms with Crippen molar-refractivity contribution >= 4 is 17.7 Å². The van der Waals surface area contributed by atoms with E-state index in [9.17, 15) is 4.79 Å². The molecular weight excluding hydrogens is 230 g/mol. The van der Waals surface area contributed by atoms with Crippen LogP contribution in [-0.2, 0) is 4.79 Å². The van der Waals surface area contributed by atoms with Gasteiger partial charge >= 0.3 is 0 Å². The minimum atomic E-state index is 0.252. The van der Waals surface area contributed by atoms with Crippen LogP contribution in [0.3, 0.4) is 0 Å². The van der Waals surface area contributed by atoms with E-state index in [0.717, 1.165) is 25.1 Å². The van der Waals surface area contributed by atoms with Crippen molar-refractivity contribution in [3.8, 4) is 0 Å². The zero-order chi connectivity index (χ0) is 12.1. The van der Waals surface area contributed by atoms with Gasteiger partial charge in [0, 0.05) is 17.4 Å². The van der Waals surface area contributed by atoms with Gasteiger partial charge in [0.2, 0.25) is 5.91 Å². The summed E-state index contributed by atoms with van der Waals surface area (Å²) in [6, 6.07) is 10.4. The zero-order valence-electron chi connectivity index (χ0n) is 10.2. The topological polar surface area (TPSA) is 29.1 Å². The van der Waals surface area contributed by atoms with Crippen molar-refractivity contribution in [2.75, 3.05) is 12.3 Å². The van der Waals surface area contributed by atoms with Crippen LogP contribution in [0.2, 0.25) is 0 Å². The van der Waals surface area contributed by atoms with Gasteiger partial charge in [0.1, 0.15) is 0 Å². The molecule has 1 saturated carbocycles. The Kier molecular flexibility index (Phi) is 4.49. The summed E-state index contributed by atoms with van der Waals surface area (Å²) in [7, 11) is 0. The maximum Gasteiger partial charge on any atom is 0.223 e. The van der Waals surface area contributed by atoms with Gasteiger partial charge in [-0.3, -0.25) is 4.79 Å². The molecule has 92 valence electrons. The first-order valence-corrected chi connectivity index (χ1v) is 7.21. The van der Waals surface area contributed by atoms with E-state index in [1.54, 1.807) is 0 Å². The monoisotopic (exact) mass is 249 g/mol. The molecule has 0 spiro atoms. The minimum Gasteiger partial charge on any atom is -0.356 e. The normalized spacial score (nSPS) is 22.2. The van der Waals surface area contributed by atoms with Gasteiger partial charge < -0.3 is 5.32 Å². The number of amides is 1. The number of thioether (sulfide) groups is 1.